The lowest BCUT2D eigenvalue weighted by atomic mass is 9.97. The summed E-state index contributed by atoms with van der Waals surface area (Å²) in [5.74, 6) is 1.34. The minimum absolute atomic E-state index is 0.387. The van der Waals surface area contributed by atoms with Gasteiger partial charge in [0.2, 0.25) is 0 Å². The van der Waals surface area contributed by atoms with Gasteiger partial charge in [-0.2, -0.15) is 0 Å². The second-order valence-corrected chi connectivity index (χ2v) is 6.18. The Kier molecular flexibility index (Phi) is 3.82. The van der Waals surface area contributed by atoms with E-state index in [4.69, 9.17) is 11.6 Å². The van der Waals surface area contributed by atoms with Crippen LogP contribution >= 0.6 is 11.6 Å². The van der Waals surface area contributed by atoms with Crippen molar-refractivity contribution in [1.82, 2.24) is 5.32 Å². The molecule has 1 aliphatic rings. The summed E-state index contributed by atoms with van der Waals surface area (Å²) in [7, 11) is 2.04. The second-order valence-electron chi connectivity index (χ2n) is 5.74. The predicted octanol–water partition coefficient (Wildman–Crippen LogP) is 4.71. The summed E-state index contributed by atoms with van der Waals surface area (Å²) in [6.45, 7) is 2.10. The van der Waals surface area contributed by atoms with Crippen molar-refractivity contribution in [1.29, 1.82) is 0 Å². The highest BCUT2D eigenvalue weighted by Crippen LogP contribution is 2.54. The maximum Gasteiger partial charge on any atom is 0.0411 e. The first-order chi connectivity index (χ1) is 9.69. The monoisotopic (exact) mass is 285 g/mol. The molecule has 2 aromatic rings. The molecule has 3 atom stereocenters. The van der Waals surface area contributed by atoms with Gasteiger partial charge in [-0.1, -0.05) is 48.0 Å². The van der Waals surface area contributed by atoms with E-state index in [1.54, 1.807) is 0 Å². The predicted molar refractivity (Wildman–Crippen MR) is 85.3 cm³/mol. The topological polar surface area (TPSA) is 12.0 Å². The van der Waals surface area contributed by atoms with Crippen LogP contribution in [0.2, 0.25) is 5.02 Å². The largest absolute Gasteiger partial charge is 0.313 e. The van der Waals surface area contributed by atoms with Gasteiger partial charge in [0.15, 0.2) is 0 Å². The molecule has 2 aromatic carbocycles. The van der Waals surface area contributed by atoms with Gasteiger partial charge in [-0.3, -0.25) is 0 Å². The van der Waals surface area contributed by atoms with Crippen molar-refractivity contribution in [2.75, 3.05) is 7.05 Å². The van der Waals surface area contributed by atoms with Crippen molar-refractivity contribution in [3.8, 4) is 0 Å². The van der Waals surface area contributed by atoms with Crippen molar-refractivity contribution in [3.63, 3.8) is 0 Å². The first-order valence-corrected chi connectivity index (χ1v) is 7.56. The molecule has 0 aromatic heterocycles. The highest BCUT2D eigenvalue weighted by molar-refractivity contribution is 6.30. The lowest BCUT2D eigenvalue weighted by Crippen LogP contribution is -2.19. The third-order valence-corrected chi connectivity index (χ3v) is 4.45. The molecule has 0 amide bonds. The van der Waals surface area contributed by atoms with E-state index < -0.39 is 0 Å². The molecule has 0 saturated heterocycles. The van der Waals surface area contributed by atoms with Crippen LogP contribution in [-0.4, -0.2) is 7.05 Å². The third kappa shape index (κ3) is 2.74. The second kappa shape index (κ2) is 5.59. The van der Waals surface area contributed by atoms with Gasteiger partial charge in [0.25, 0.3) is 0 Å². The molecule has 1 aliphatic carbocycles. The molecule has 20 heavy (non-hydrogen) atoms. The maximum atomic E-state index is 6.20. The Morgan fingerprint density at radius 3 is 2.55 bits per heavy atom. The van der Waals surface area contributed by atoms with Crippen LogP contribution in [0, 0.1) is 12.8 Å². The number of halogens is 1. The Hall–Kier alpha value is -1.31. The number of hydrogen-bond acceptors (Lipinski definition) is 1. The summed E-state index contributed by atoms with van der Waals surface area (Å²) < 4.78 is 0. The molecular formula is C18H20ClN. The average molecular weight is 286 g/mol. The SMILES string of the molecule is CNC(c1cc(C)cc(Cl)c1)C1CC1c1ccccc1. The zero-order valence-electron chi connectivity index (χ0n) is 11.9. The third-order valence-electron chi connectivity index (χ3n) is 4.23. The summed E-state index contributed by atoms with van der Waals surface area (Å²) in [6.07, 6.45) is 1.25. The number of aryl methyl sites for hydroxylation is 1. The molecule has 1 nitrogen and oxygen atoms in total. The van der Waals surface area contributed by atoms with Gasteiger partial charge in [-0.05, 0) is 61.1 Å². The summed E-state index contributed by atoms with van der Waals surface area (Å²) in [6, 6.07) is 17.5. The smallest absolute Gasteiger partial charge is 0.0411 e. The standard InChI is InChI=1S/C18H20ClN/c1-12-8-14(10-15(19)9-12)18(20-2)17-11-16(17)13-6-4-3-5-7-13/h3-10,16-18,20H,11H2,1-2H3. The zero-order valence-corrected chi connectivity index (χ0v) is 12.7. The highest BCUT2D eigenvalue weighted by Gasteiger charge is 2.43. The number of rotatable bonds is 4. The van der Waals surface area contributed by atoms with Crippen molar-refractivity contribution < 1.29 is 0 Å². The number of hydrogen-bond donors (Lipinski definition) is 1. The molecule has 3 unspecified atom stereocenters. The van der Waals surface area contributed by atoms with Crippen molar-refractivity contribution >= 4 is 11.6 Å². The van der Waals surface area contributed by atoms with Crippen LogP contribution in [0.4, 0.5) is 0 Å². The van der Waals surface area contributed by atoms with Crippen molar-refractivity contribution in [3.05, 3.63) is 70.2 Å². The van der Waals surface area contributed by atoms with Crippen LogP contribution < -0.4 is 5.32 Å². The molecule has 1 fully saturated rings. The fourth-order valence-electron chi connectivity index (χ4n) is 3.24. The maximum absolute atomic E-state index is 6.20. The molecule has 0 heterocycles. The lowest BCUT2D eigenvalue weighted by molar-refractivity contribution is 0.517. The molecule has 2 heteroatoms. The highest BCUT2D eigenvalue weighted by atomic mass is 35.5. The van der Waals surface area contributed by atoms with Crippen molar-refractivity contribution in [2.45, 2.75) is 25.3 Å². The fourth-order valence-corrected chi connectivity index (χ4v) is 3.54. The van der Waals surface area contributed by atoms with Crippen LogP contribution in [0.25, 0.3) is 0 Å². The van der Waals surface area contributed by atoms with Gasteiger partial charge in [-0.15, -0.1) is 0 Å². The van der Waals surface area contributed by atoms with E-state index in [1.165, 1.54) is 23.1 Å². The van der Waals surface area contributed by atoms with Gasteiger partial charge in [0.05, 0.1) is 0 Å². The minimum Gasteiger partial charge on any atom is -0.313 e. The molecule has 0 bridgehead atoms. The van der Waals surface area contributed by atoms with Gasteiger partial charge in [0.1, 0.15) is 0 Å². The van der Waals surface area contributed by atoms with Crippen LogP contribution in [-0.2, 0) is 0 Å². The molecule has 0 spiro atoms. The molecule has 104 valence electrons. The van der Waals surface area contributed by atoms with Gasteiger partial charge >= 0.3 is 0 Å². The average Bonchev–Trinajstić information content (AvgIpc) is 3.20. The Morgan fingerprint density at radius 2 is 1.90 bits per heavy atom. The molecule has 0 radical (unpaired) electrons. The summed E-state index contributed by atoms with van der Waals surface area (Å²) >= 11 is 6.20. The zero-order chi connectivity index (χ0) is 14.1. The quantitative estimate of drug-likeness (QED) is 0.858. The van der Waals surface area contributed by atoms with E-state index in [0.29, 0.717) is 17.9 Å². The van der Waals surface area contributed by atoms with Crippen LogP contribution in [0.15, 0.2) is 48.5 Å². The Labute approximate surface area is 126 Å². The van der Waals surface area contributed by atoms with Gasteiger partial charge in [0, 0.05) is 11.1 Å². The van der Waals surface area contributed by atoms with E-state index in [1.807, 2.05) is 13.1 Å². The lowest BCUT2D eigenvalue weighted by Gasteiger charge is -2.18. The first kappa shape index (κ1) is 13.7. The van der Waals surface area contributed by atoms with E-state index >= 15 is 0 Å². The molecular weight excluding hydrogens is 266 g/mol. The fraction of sp³-hybridized carbons (Fsp3) is 0.333. The van der Waals surface area contributed by atoms with Crippen LogP contribution in [0.3, 0.4) is 0 Å². The van der Waals surface area contributed by atoms with E-state index in [-0.39, 0.29) is 0 Å². The molecule has 3 rings (SSSR count). The summed E-state index contributed by atoms with van der Waals surface area (Å²) in [5, 5.41) is 4.31. The van der Waals surface area contributed by atoms with E-state index in [0.717, 1.165) is 5.02 Å². The Balaban J connectivity index is 1.82. The minimum atomic E-state index is 0.387. The summed E-state index contributed by atoms with van der Waals surface area (Å²) in [5.41, 5.74) is 3.99. The van der Waals surface area contributed by atoms with Crippen molar-refractivity contribution in [2.24, 2.45) is 5.92 Å². The molecule has 0 aliphatic heterocycles. The Morgan fingerprint density at radius 1 is 1.15 bits per heavy atom. The van der Waals surface area contributed by atoms with Gasteiger partial charge < -0.3 is 5.32 Å². The van der Waals surface area contributed by atoms with E-state index in [2.05, 4.69) is 54.7 Å². The number of benzene rings is 2. The van der Waals surface area contributed by atoms with Crippen LogP contribution in [0.5, 0.6) is 0 Å². The number of nitrogens with one attached hydrogen (secondary N) is 1. The summed E-state index contributed by atoms with van der Waals surface area (Å²) in [4.78, 5) is 0. The van der Waals surface area contributed by atoms with Gasteiger partial charge in [-0.25, -0.2) is 0 Å². The molecule has 1 saturated carbocycles. The van der Waals surface area contributed by atoms with Crippen LogP contribution in [0.1, 0.15) is 35.1 Å². The first-order valence-electron chi connectivity index (χ1n) is 7.18. The normalized spacial score (nSPS) is 22.6. The van der Waals surface area contributed by atoms with E-state index in [9.17, 15) is 0 Å². The molecule has 1 N–H and O–H groups in total. The Bertz CT molecular complexity index is 573.